The van der Waals surface area contributed by atoms with E-state index in [1.807, 2.05) is 0 Å². The fourth-order valence-electron chi connectivity index (χ4n) is 3.93. The zero-order valence-corrected chi connectivity index (χ0v) is 18.6. The van der Waals surface area contributed by atoms with Crippen molar-refractivity contribution < 1.29 is 26.5 Å². The molecule has 6 nitrogen and oxygen atoms in total. The molecule has 0 radical (unpaired) electrons. The van der Waals surface area contributed by atoms with E-state index in [1.165, 1.54) is 30.8 Å². The maximum Gasteiger partial charge on any atom is 0.416 e. The summed E-state index contributed by atoms with van der Waals surface area (Å²) in [5, 5.41) is 0. The van der Waals surface area contributed by atoms with Crippen LogP contribution >= 0.6 is 0 Å². The Bertz CT molecular complexity index is 1350. The Morgan fingerprint density at radius 2 is 1.88 bits per heavy atom. The number of aryl methyl sites for hydroxylation is 1. The number of hydrogen-bond acceptors (Lipinski definition) is 5. The normalized spacial score (nSPS) is 17.0. The number of rotatable bonds is 4. The Kier molecular flexibility index (Phi) is 4.99. The number of benzene rings is 1. The molecular weight excluding hydrogens is 450 g/mol. The van der Waals surface area contributed by atoms with Crippen LogP contribution in [0.15, 0.2) is 48.5 Å². The van der Waals surface area contributed by atoms with Gasteiger partial charge in [0.2, 0.25) is 0 Å². The SMILES string of the molecule is [2H]C([2H])([2H])N(C(=O)C1Cc2ccccc2N1c1cc(C(F)(F)F)cc(C)n1)c1ccc(F)c(N(C)C)n1. The molecule has 1 aliphatic heterocycles. The highest BCUT2D eigenvalue weighted by Crippen LogP contribution is 2.40. The predicted octanol–water partition coefficient (Wildman–Crippen LogP) is 4.73. The topological polar surface area (TPSA) is 52.6 Å². The molecule has 0 N–H and O–H groups in total. The van der Waals surface area contributed by atoms with Crippen LogP contribution in [0.2, 0.25) is 0 Å². The van der Waals surface area contributed by atoms with Gasteiger partial charge in [-0.05, 0) is 42.8 Å². The van der Waals surface area contributed by atoms with Gasteiger partial charge in [-0.15, -0.1) is 0 Å². The molecule has 0 bridgehead atoms. The van der Waals surface area contributed by atoms with Crippen molar-refractivity contribution >= 4 is 29.0 Å². The lowest BCUT2D eigenvalue weighted by molar-refractivity contribution is -0.137. The van der Waals surface area contributed by atoms with E-state index in [2.05, 4.69) is 9.97 Å². The van der Waals surface area contributed by atoms with Gasteiger partial charge in [0.15, 0.2) is 11.6 Å². The number of likely N-dealkylation sites (N-methyl/N-ethyl adjacent to an activating group) is 1. The van der Waals surface area contributed by atoms with Crippen LogP contribution in [0.5, 0.6) is 0 Å². The monoisotopic (exact) mass is 476 g/mol. The number of hydrogen-bond donors (Lipinski definition) is 0. The summed E-state index contributed by atoms with van der Waals surface area (Å²) in [6.45, 7) is -1.62. The first kappa shape index (κ1) is 19.7. The zero-order chi connectivity index (χ0) is 27.3. The van der Waals surface area contributed by atoms with Crippen molar-refractivity contribution in [1.29, 1.82) is 0 Å². The minimum atomic E-state index is -4.66. The molecule has 0 fully saturated rings. The fourth-order valence-corrected chi connectivity index (χ4v) is 3.93. The molecule has 178 valence electrons. The average Bonchev–Trinajstić information content (AvgIpc) is 3.18. The average molecular weight is 476 g/mol. The minimum Gasteiger partial charge on any atom is -0.360 e. The number of amides is 1. The van der Waals surface area contributed by atoms with Crippen molar-refractivity contribution in [2.24, 2.45) is 0 Å². The summed E-state index contributed by atoms with van der Waals surface area (Å²) in [4.78, 5) is 25.3. The van der Waals surface area contributed by atoms with E-state index in [1.54, 1.807) is 24.3 Å². The van der Waals surface area contributed by atoms with Gasteiger partial charge in [0, 0.05) is 43.0 Å². The molecule has 1 atom stereocenters. The van der Waals surface area contributed by atoms with Gasteiger partial charge in [0.05, 0.1) is 5.56 Å². The van der Waals surface area contributed by atoms with Crippen molar-refractivity contribution in [3.63, 3.8) is 0 Å². The van der Waals surface area contributed by atoms with Crippen LogP contribution in [0.1, 0.15) is 20.9 Å². The number of carbonyl (C=O) groups excluding carboxylic acids is 1. The highest BCUT2D eigenvalue weighted by Gasteiger charge is 2.40. The molecular formula is C24H23F4N5O. The second kappa shape index (κ2) is 8.58. The van der Waals surface area contributed by atoms with E-state index in [-0.39, 0.29) is 29.6 Å². The fraction of sp³-hybridized carbons (Fsp3) is 0.292. The summed E-state index contributed by atoms with van der Waals surface area (Å²) >= 11 is 0. The number of alkyl halides is 3. The molecule has 1 unspecified atom stereocenters. The molecule has 4 rings (SSSR count). The van der Waals surface area contributed by atoms with Crippen LogP contribution in [0.25, 0.3) is 0 Å². The molecule has 0 spiro atoms. The molecule has 1 aromatic carbocycles. The van der Waals surface area contributed by atoms with Gasteiger partial charge in [-0.2, -0.15) is 13.2 Å². The number of anilines is 4. The molecule has 10 heteroatoms. The number of nitrogens with zero attached hydrogens (tertiary/aromatic N) is 5. The Balaban J connectivity index is 1.86. The van der Waals surface area contributed by atoms with Gasteiger partial charge >= 0.3 is 6.18 Å². The summed E-state index contributed by atoms with van der Waals surface area (Å²) in [6.07, 6.45) is -4.65. The highest BCUT2D eigenvalue weighted by molar-refractivity contribution is 6.01. The van der Waals surface area contributed by atoms with Crippen molar-refractivity contribution in [3.05, 3.63) is 71.2 Å². The van der Waals surface area contributed by atoms with Gasteiger partial charge in [0.1, 0.15) is 17.7 Å². The molecule has 0 aliphatic carbocycles. The standard InChI is InChI=1S/C24H23F4N5O/c1-14-11-16(24(26,27)28)13-21(29-14)33-18-8-6-5-7-15(18)12-19(33)23(34)32(4)20-10-9-17(25)22(30-20)31(2)3/h5-11,13,19H,12H2,1-4H3/i4D3. The van der Waals surface area contributed by atoms with Crippen LogP contribution in [0.4, 0.5) is 40.7 Å². The van der Waals surface area contributed by atoms with Crippen LogP contribution in [-0.2, 0) is 17.4 Å². The van der Waals surface area contributed by atoms with Gasteiger partial charge < -0.3 is 9.80 Å². The summed E-state index contributed by atoms with van der Waals surface area (Å²) in [6, 6.07) is 9.25. The summed E-state index contributed by atoms with van der Waals surface area (Å²) in [5.41, 5.74) is 0.181. The van der Waals surface area contributed by atoms with Crippen molar-refractivity contribution in [1.82, 2.24) is 9.97 Å². The maximum atomic E-state index is 14.3. The van der Waals surface area contributed by atoms with E-state index >= 15 is 0 Å². The van der Waals surface area contributed by atoms with Crippen molar-refractivity contribution in [2.45, 2.75) is 25.6 Å². The second-order valence-corrected chi connectivity index (χ2v) is 8.11. The molecule has 34 heavy (non-hydrogen) atoms. The molecule has 1 aliphatic rings. The van der Waals surface area contributed by atoms with Crippen LogP contribution in [-0.4, -0.2) is 43.0 Å². The van der Waals surface area contributed by atoms with Gasteiger partial charge in [0.25, 0.3) is 5.91 Å². The Labute approximate surface area is 198 Å². The molecule has 3 aromatic rings. The van der Waals surface area contributed by atoms with E-state index < -0.39 is 36.5 Å². The van der Waals surface area contributed by atoms with E-state index in [9.17, 15) is 22.4 Å². The highest BCUT2D eigenvalue weighted by atomic mass is 19.4. The molecule has 1 amide bonds. The van der Waals surface area contributed by atoms with E-state index in [0.717, 1.165) is 24.3 Å². The number of halogens is 4. The van der Waals surface area contributed by atoms with Gasteiger partial charge in [-0.3, -0.25) is 9.69 Å². The molecule has 3 heterocycles. The molecule has 2 aromatic heterocycles. The van der Waals surface area contributed by atoms with Crippen LogP contribution in [0.3, 0.4) is 0 Å². The summed E-state index contributed by atoms with van der Waals surface area (Å²) in [5.74, 6) is -2.32. The number of carbonyl (C=O) groups is 1. The third-order valence-electron chi connectivity index (χ3n) is 5.46. The van der Waals surface area contributed by atoms with E-state index in [4.69, 9.17) is 4.11 Å². The minimum absolute atomic E-state index is 0.0142. The van der Waals surface area contributed by atoms with Crippen LogP contribution < -0.4 is 14.7 Å². The zero-order valence-electron chi connectivity index (χ0n) is 21.6. The van der Waals surface area contributed by atoms with E-state index in [0.29, 0.717) is 16.2 Å². The number of fused-ring (bicyclic) bond motifs is 1. The lowest BCUT2D eigenvalue weighted by Crippen LogP contribution is -2.45. The maximum absolute atomic E-state index is 14.3. The van der Waals surface area contributed by atoms with Gasteiger partial charge in [-0.1, -0.05) is 18.2 Å². The van der Waals surface area contributed by atoms with Crippen LogP contribution in [0, 0.1) is 12.7 Å². The second-order valence-electron chi connectivity index (χ2n) is 8.11. The Hall–Kier alpha value is -3.69. The third kappa shape index (κ3) is 4.27. The first-order chi connectivity index (χ1) is 17.2. The number of pyridine rings is 2. The first-order valence-electron chi connectivity index (χ1n) is 11.8. The molecule has 0 saturated heterocycles. The smallest absolute Gasteiger partial charge is 0.360 e. The molecule has 0 saturated carbocycles. The number of aromatic nitrogens is 2. The first-order valence-corrected chi connectivity index (χ1v) is 10.3. The summed E-state index contributed by atoms with van der Waals surface area (Å²) in [7, 11) is 3.02. The van der Waals surface area contributed by atoms with Crippen molar-refractivity contribution in [3.8, 4) is 0 Å². The third-order valence-corrected chi connectivity index (χ3v) is 5.46. The lowest BCUT2D eigenvalue weighted by atomic mass is 10.1. The van der Waals surface area contributed by atoms with Crippen molar-refractivity contribution in [2.75, 3.05) is 35.8 Å². The summed E-state index contributed by atoms with van der Waals surface area (Å²) < 4.78 is 79.2. The van der Waals surface area contributed by atoms with Gasteiger partial charge in [-0.25, -0.2) is 14.4 Å². The lowest BCUT2D eigenvalue weighted by Gasteiger charge is -2.30. The number of para-hydroxylation sites is 1. The predicted molar refractivity (Wildman–Crippen MR) is 122 cm³/mol. The largest absolute Gasteiger partial charge is 0.416 e. The Morgan fingerprint density at radius 3 is 2.56 bits per heavy atom. The quantitative estimate of drug-likeness (QED) is 0.510. The Morgan fingerprint density at radius 1 is 1.15 bits per heavy atom.